The predicted molar refractivity (Wildman–Crippen MR) is 98.4 cm³/mol. The first-order valence-corrected chi connectivity index (χ1v) is 9.30. The predicted octanol–water partition coefficient (Wildman–Crippen LogP) is 2.56. The van der Waals surface area contributed by atoms with Crippen LogP contribution in [0.4, 0.5) is 11.6 Å². The second-order valence-corrected chi connectivity index (χ2v) is 7.02. The summed E-state index contributed by atoms with van der Waals surface area (Å²) in [6.45, 7) is 7.61. The summed E-state index contributed by atoms with van der Waals surface area (Å²) in [6.07, 6.45) is 1.04. The van der Waals surface area contributed by atoms with Crippen LogP contribution in [0.3, 0.4) is 0 Å². The third-order valence-electron chi connectivity index (χ3n) is 4.17. The molecule has 130 valence electrons. The zero-order chi connectivity index (χ0) is 16.9. The number of hydrogen-bond donors (Lipinski definition) is 2. The van der Waals surface area contributed by atoms with Crippen molar-refractivity contribution in [1.82, 2.24) is 14.9 Å². The van der Waals surface area contributed by atoms with Crippen molar-refractivity contribution >= 4 is 23.0 Å². The van der Waals surface area contributed by atoms with Gasteiger partial charge >= 0.3 is 0 Å². The Bertz CT molecular complexity index is 648. The van der Waals surface area contributed by atoms with Crippen molar-refractivity contribution in [2.24, 2.45) is 0 Å². The molecule has 2 atom stereocenters. The number of ether oxygens (including phenoxy) is 1. The van der Waals surface area contributed by atoms with E-state index in [1.807, 2.05) is 6.92 Å². The average molecular weight is 347 g/mol. The molecule has 0 radical (unpaired) electrons. The van der Waals surface area contributed by atoms with Gasteiger partial charge in [0.25, 0.3) is 0 Å². The normalized spacial score (nSPS) is 20.0. The molecule has 0 aliphatic carbocycles. The number of rotatable bonds is 6. The summed E-state index contributed by atoms with van der Waals surface area (Å²) < 4.78 is 5.69. The van der Waals surface area contributed by atoms with Gasteiger partial charge in [0.15, 0.2) is 0 Å². The van der Waals surface area contributed by atoms with Gasteiger partial charge in [-0.15, -0.1) is 11.3 Å². The molecule has 3 rings (SSSR count). The second kappa shape index (κ2) is 7.92. The highest BCUT2D eigenvalue weighted by molar-refractivity contribution is 7.10. The summed E-state index contributed by atoms with van der Waals surface area (Å²) in [5.74, 6) is 2.07. The number of hydrogen-bond acceptors (Lipinski definition) is 7. The van der Waals surface area contributed by atoms with Gasteiger partial charge in [0.2, 0.25) is 0 Å². The third kappa shape index (κ3) is 4.23. The first-order chi connectivity index (χ1) is 11.7. The van der Waals surface area contributed by atoms with Crippen molar-refractivity contribution in [3.05, 3.63) is 34.3 Å². The van der Waals surface area contributed by atoms with Gasteiger partial charge in [0.1, 0.15) is 17.5 Å². The third-order valence-corrected chi connectivity index (χ3v) is 5.14. The van der Waals surface area contributed by atoms with Crippen LogP contribution in [0.5, 0.6) is 0 Å². The van der Waals surface area contributed by atoms with Gasteiger partial charge in [-0.2, -0.15) is 0 Å². The van der Waals surface area contributed by atoms with Gasteiger partial charge in [-0.05, 0) is 18.4 Å². The molecule has 3 heterocycles. The molecule has 0 unspecified atom stereocenters. The molecular weight excluding hydrogens is 322 g/mol. The van der Waals surface area contributed by atoms with Crippen LogP contribution in [0, 0.1) is 0 Å². The van der Waals surface area contributed by atoms with Crippen molar-refractivity contribution in [3.8, 4) is 0 Å². The molecule has 0 bridgehead atoms. The minimum absolute atomic E-state index is 0.266. The molecule has 0 saturated carbocycles. The summed E-state index contributed by atoms with van der Waals surface area (Å²) in [5.41, 5.74) is 5.88. The SMILES string of the molecule is CCc1nc(N)cc(NC[C@@H](c2cccs2)N2CCO[C@@H](C)C2)n1. The van der Waals surface area contributed by atoms with E-state index < -0.39 is 0 Å². The van der Waals surface area contributed by atoms with Crippen molar-refractivity contribution in [1.29, 1.82) is 0 Å². The van der Waals surface area contributed by atoms with Gasteiger partial charge in [-0.1, -0.05) is 13.0 Å². The number of anilines is 2. The fourth-order valence-electron chi connectivity index (χ4n) is 2.99. The van der Waals surface area contributed by atoms with Crippen LogP contribution in [0.2, 0.25) is 0 Å². The number of aryl methyl sites for hydroxylation is 1. The molecule has 0 amide bonds. The van der Waals surface area contributed by atoms with Gasteiger partial charge in [-0.3, -0.25) is 4.90 Å². The summed E-state index contributed by atoms with van der Waals surface area (Å²) in [7, 11) is 0. The highest BCUT2D eigenvalue weighted by Crippen LogP contribution is 2.27. The molecule has 6 nitrogen and oxygen atoms in total. The average Bonchev–Trinajstić information content (AvgIpc) is 3.09. The summed E-state index contributed by atoms with van der Waals surface area (Å²) in [6, 6.07) is 6.40. The minimum Gasteiger partial charge on any atom is -0.384 e. The van der Waals surface area contributed by atoms with E-state index in [9.17, 15) is 0 Å². The number of aromatic nitrogens is 2. The van der Waals surface area contributed by atoms with Gasteiger partial charge in [0.05, 0.1) is 18.8 Å². The zero-order valence-corrected chi connectivity index (χ0v) is 15.1. The molecular formula is C17H25N5OS. The molecule has 1 aliphatic rings. The lowest BCUT2D eigenvalue weighted by Gasteiger charge is -2.37. The molecule has 7 heteroatoms. The minimum atomic E-state index is 0.266. The number of thiophene rings is 1. The highest BCUT2D eigenvalue weighted by atomic mass is 32.1. The first kappa shape index (κ1) is 17.1. The Hall–Kier alpha value is -1.70. The van der Waals surface area contributed by atoms with Gasteiger partial charge in [-0.25, -0.2) is 9.97 Å². The molecule has 2 aromatic rings. The fourth-order valence-corrected chi connectivity index (χ4v) is 3.85. The molecule has 0 aromatic carbocycles. The summed E-state index contributed by atoms with van der Waals surface area (Å²) >= 11 is 1.79. The first-order valence-electron chi connectivity index (χ1n) is 8.42. The molecule has 24 heavy (non-hydrogen) atoms. The van der Waals surface area contributed by atoms with Gasteiger partial charge in [0, 0.05) is 37.0 Å². The Balaban J connectivity index is 1.74. The van der Waals surface area contributed by atoms with E-state index >= 15 is 0 Å². The number of nitrogens with zero attached hydrogens (tertiary/aromatic N) is 3. The van der Waals surface area contributed by atoms with Crippen LogP contribution in [0.25, 0.3) is 0 Å². The lowest BCUT2D eigenvalue weighted by Crippen LogP contribution is -2.44. The maximum Gasteiger partial charge on any atom is 0.132 e. The Labute approximate surface area is 147 Å². The van der Waals surface area contributed by atoms with E-state index in [1.54, 1.807) is 17.4 Å². The maximum atomic E-state index is 5.88. The van der Waals surface area contributed by atoms with E-state index in [-0.39, 0.29) is 6.10 Å². The monoisotopic (exact) mass is 347 g/mol. The highest BCUT2D eigenvalue weighted by Gasteiger charge is 2.26. The van der Waals surface area contributed by atoms with Crippen molar-refractivity contribution in [3.63, 3.8) is 0 Å². The summed E-state index contributed by atoms with van der Waals surface area (Å²) in [4.78, 5) is 12.6. The standard InChI is InChI=1S/C17H25N5OS/c1-3-16-20-15(18)9-17(21-16)19-10-13(14-5-4-8-24-14)22-6-7-23-12(2)11-22/h4-5,8-9,12-13H,3,6-7,10-11H2,1-2H3,(H3,18,19,20,21)/t12-,13-/m0/s1. The van der Waals surface area contributed by atoms with Crippen LogP contribution in [0.1, 0.15) is 30.6 Å². The van der Waals surface area contributed by atoms with Crippen LogP contribution in [-0.2, 0) is 11.2 Å². The van der Waals surface area contributed by atoms with E-state index in [0.29, 0.717) is 11.9 Å². The lowest BCUT2D eigenvalue weighted by molar-refractivity contribution is -0.0322. The van der Waals surface area contributed by atoms with Crippen molar-refractivity contribution in [2.75, 3.05) is 37.3 Å². The molecule has 0 spiro atoms. The number of morpholine rings is 1. The number of nitrogens with two attached hydrogens (primary N) is 1. The Morgan fingerprint density at radius 2 is 2.38 bits per heavy atom. The Morgan fingerprint density at radius 1 is 1.50 bits per heavy atom. The van der Waals surface area contributed by atoms with E-state index in [0.717, 1.165) is 44.3 Å². The van der Waals surface area contributed by atoms with Crippen LogP contribution in [0.15, 0.2) is 23.6 Å². The molecule has 1 saturated heterocycles. The van der Waals surface area contributed by atoms with E-state index in [4.69, 9.17) is 10.5 Å². The maximum absolute atomic E-state index is 5.88. The largest absolute Gasteiger partial charge is 0.384 e. The fraction of sp³-hybridized carbons (Fsp3) is 0.529. The summed E-state index contributed by atoms with van der Waals surface area (Å²) in [5, 5.41) is 5.58. The molecule has 1 aliphatic heterocycles. The zero-order valence-electron chi connectivity index (χ0n) is 14.2. The van der Waals surface area contributed by atoms with Crippen LogP contribution >= 0.6 is 11.3 Å². The number of nitrogen functional groups attached to an aromatic ring is 1. The smallest absolute Gasteiger partial charge is 0.132 e. The quantitative estimate of drug-likeness (QED) is 0.836. The molecule has 2 aromatic heterocycles. The van der Waals surface area contributed by atoms with E-state index in [2.05, 4.69) is 44.6 Å². The Morgan fingerprint density at radius 3 is 3.08 bits per heavy atom. The van der Waals surface area contributed by atoms with Crippen LogP contribution < -0.4 is 11.1 Å². The van der Waals surface area contributed by atoms with Gasteiger partial charge < -0.3 is 15.8 Å². The van der Waals surface area contributed by atoms with E-state index in [1.165, 1.54) is 4.88 Å². The molecule has 3 N–H and O–H groups in total. The Kier molecular flexibility index (Phi) is 5.65. The number of nitrogens with one attached hydrogen (secondary N) is 1. The van der Waals surface area contributed by atoms with Crippen LogP contribution in [-0.4, -0.2) is 47.2 Å². The van der Waals surface area contributed by atoms with Crippen molar-refractivity contribution in [2.45, 2.75) is 32.4 Å². The van der Waals surface area contributed by atoms with Crippen molar-refractivity contribution < 1.29 is 4.74 Å². The lowest BCUT2D eigenvalue weighted by atomic mass is 10.1. The topological polar surface area (TPSA) is 76.3 Å². The molecule has 1 fully saturated rings. The second-order valence-electron chi connectivity index (χ2n) is 6.04.